The SMILES string of the molecule is O=C(O)c1c(C(=O)O)c2c3c(c4cccc1n42)c1cccc2c(C(=O)O)c(C(=O)O)c3n21. The van der Waals surface area contributed by atoms with Crippen molar-refractivity contribution in [1.82, 2.24) is 8.80 Å². The van der Waals surface area contributed by atoms with Crippen molar-refractivity contribution >= 4 is 67.7 Å². The van der Waals surface area contributed by atoms with Gasteiger partial charge in [-0.2, -0.15) is 0 Å². The average Bonchev–Trinajstić information content (AvgIpc) is 3.43. The van der Waals surface area contributed by atoms with Crippen LogP contribution in [0.1, 0.15) is 41.4 Å². The minimum absolute atomic E-state index is 0.0190. The number of pyridine rings is 2. The Morgan fingerprint density at radius 3 is 1.19 bits per heavy atom. The molecule has 0 amide bonds. The molecule has 0 aliphatic rings. The number of carboxylic acid groups (broad SMARTS) is 4. The summed E-state index contributed by atoms with van der Waals surface area (Å²) in [6.45, 7) is 0. The van der Waals surface area contributed by atoms with Crippen molar-refractivity contribution in [2.24, 2.45) is 0 Å². The van der Waals surface area contributed by atoms with Crippen LogP contribution < -0.4 is 0 Å². The van der Waals surface area contributed by atoms with Crippen LogP contribution in [-0.4, -0.2) is 53.1 Å². The van der Waals surface area contributed by atoms with Crippen LogP contribution in [0.3, 0.4) is 0 Å². The topological polar surface area (TPSA) is 158 Å². The lowest BCUT2D eigenvalue weighted by Crippen LogP contribution is -2.06. The van der Waals surface area contributed by atoms with E-state index in [1.54, 1.807) is 24.3 Å². The van der Waals surface area contributed by atoms with Crippen molar-refractivity contribution in [3.05, 3.63) is 58.7 Å². The van der Waals surface area contributed by atoms with Crippen molar-refractivity contribution in [2.45, 2.75) is 0 Å². The summed E-state index contributed by atoms with van der Waals surface area (Å²) in [6.07, 6.45) is 0. The summed E-state index contributed by atoms with van der Waals surface area (Å²) in [5, 5.41) is 40.1. The number of carbonyl (C=O) groups is 4. The summed E-state index contributed by atoms with van der Waals surface area (Å²) in [5.41, 5.74) is -0.471. The van der Waals surface area contributed by atoms with Gasteiger partial charge in [-0.3, -0.25) is 0 Å². The fraction of sp³-hybridized carbons (Fsp3) is 0. The lowest BCUT2D eigenvalue weighted by Gasteiger charge is -2.00. The van der Waals surface area contributed by atoms with Crippen molar-refractivity contribution in [3.63, 3.8) is 0 Å². The summed E-state index contributed by atoms with van der Waals surface area (Å²) < 4.78 is 2.97. The normalized spacial score (nSPS) is 12.1. The Kier molecular flexibility index (Phi) is 3.05. The summed E-state index contributed by atoms with van der Waals surface area (Å²) in [7, 11) is 0. The molecule has 0 aliphatic carbocycles. The highest BCUT2D eigenvalue weighted by Gasteiger charge is 2.35. The molecule has 0 saturated heterocycles. The van der Waals surface area contributed by atoms with E-state index in [9.17, 15) is 39.6 Å². The lowest BCUT2D eigenvalue weighted by molar-refractivity contribution is 0.0655. The van der Waals surface area contributed by atoms with E-state index in [4.69, 9.17) is 0 Å². The second-order valence-electron chi connectivity index (χ2n) is 7.43. The molecule has 0 bridgehead atoms. The molecule has 0 fully saturated rings. The zero-order valence-electron chi connectivity index (χ0n) is 15.8. The third-order valence-electron chi connectivity index (χ3n) is 6.00. The molecular formula is C22H10N2O8. The Morgan fingerprint density at radius 2 is 0.844 bits per heavy atom. The predicted octanol–water partition coefficient (Wildman–Crippen LogP) is 3.32. The van der Waals surface area contributed by atoms with Crippen molar-refractivity contribution in [3.8, 4) is 0 Å². The first-order valence-corrected chi connectivity index (χ1v) is 9.29. The highest BCUT2D eigenvalue weighted by molar-refractivity contribution is 6.33. The molecule has 6 aromatic rings. The molecule has 32 heavy (non-hydrogen) atoms. The van der Waals surface area contributed by atoms with E-state index in [2.05, 4.69) is 0 Å². The van der Waals surface area contributed by atoms with Crippen LogP contribution in [0.4, 0.5) is 0 Å². The molecule has 6 aromatic heterocycles. The van der Waals surface area contributed by atoms with E-state index in [-0.39, 0.29) is 27.5 Å². The van der Waals surface area contributed by atoms with Gasteiger partial charge in [-0.25, -0.2) is 19.2 Å². The number of fused-ring (bicyclic) bond motifs is 5. The van der Waals surface area contributed by atoms with E-state index >= 15 is 0 Å². The first-order chi connectivity index (χ1) is 15.3. The minimum Gasteiger partial charge on any atom is -0.478 e. The Labute approximate surface area is 175 Å². The van der Waals surface area contributed by atoms with E-state index < -0.39 is 46.1 Å². The van der Waals surface area contributed by atoms with Gasteiger partial charge in [0, 0.05) is 10.8 Å². The monoisotopic (exact) mass is 430 g/mol. The molecule has 0 atom stereocenters. The Bertz CT molecular complexity index is 1710. The molecule has 4 N–H and O–H groups in total. The summed E-state index contributed by atoms with van der Waals surface area (Å²) in [6, 6.07) is 9.50. The number of hydrogen-bond acceptors (Lipinski definition) is 4. The third-order valence-corrected chi connectivity index (χ3v) is 6.00. The Balaban J connectivity index is 2.08. The first kappa shape index (κ1) is 18.0. The summed E-state index contributed by atoms with van der Waals surface area (Å²) >= 11 is 0. The van der Waals surface area contributed by atoms with Crippen LogP contribution in [0.2, 0.25) is 0 Å². The molecular weight excluding hydrogens is 420 g/mol. The van der Waals surface area contributed by atoms with E-state index in [0.29, 0.717) is 16.4 Å². The van der Waals surface area contributed by atoms with Crippen molar-refractivity contribution in [1.29, 1.82) is 0 Å². The van der Waals surface area contributed by atoms with Gasteiger partial charge >= 0.3 is 23.9 Å². The number of aromatic carboxylic acids is 4. The zero-order chi connectivity index (χ0) is 22.6. The van der Waals surface area contributed by atoms with Crippen LogP contribution in [0.5, 0.6) is 0 Å². The standard InChI is InChI=1S/C22H10N2O8/c25-19(26)12-9-5-1-3-7-11-8-4-2-6-10-13(20(27)28)16(22(31)32)18(24(8)10)14(11)17(23(7)9)15(12)21(29)30/h1-6H,(H,25,26)(H,27,28)(H,29,30)(H,31,32). The molecule has 0 radical (unpaired) electrons. The fourth-order valence-corrected chi connectivity index (χ4v) is 5.06. The van der Waals surface area contributed by atoms with Gasteiger partial charge in [0.2, 0.25) is 0 Å². The van der Waals surface area contributed by atoms with Gasteiger partial charge in [0.05, 0.1) is 33.1 Å². The maximum atomic E-state index is 12.2. The van der Waals surface area contributed by atoms with Gasteiger partial charge in [0.1, 0.15) is 22.3 Å². The number of carboxylic acids is 4. The molecule has 0 spiro atoms. The summed E-state index contributed by atoms with van der Waals surface area (Å²) in [5.74, 6) is -5.85. The number of rotatable bonds is 4. The van der Waals surface area contributed by atoms with Crippen molar-refractivity contribution in [2.75, 3.05) is 0 Å². The van der Waals surface area contributed by atoms with Gasteiger partial charge in [0.15, 0.2) is 0 Å². The second-order valence-corrected chi connectivity index (χ2v) is 7.43. The number of nitrogens with zero attached hydrogens (tertiary/aromatic N) is 2. The van der Waals surface area contributed by atoms with Crippen LogP contribution in [0.15, 0.2) is 36.4 Å². The van der Waals surface area contributed by atoms with Crippen LogP contribution in [0, 0.1) is 0 Å². The van der Waals surface area contributed by atoms with Gasteiger partial charge in [-0.05, 0) is 24.3 Å². The van der Waals surface area contributed by atoms with Crippen LogP contribution >= 0.6 is 0 Å². The summed E-state index contributed by atoms with van der Waals surface area (Å²) in [4.78, 5) is 48.4. The van der Waals surface area contributed by atoms with Gasteiger partial charge in [0.25, 0.3) is 0 Å². The molecule has 10 nitrogen and oxygen atoms in total. The predicted molar refractivity (Wildman–Crippen MR) is 111 cm³/mol. The van der Waals surface area contributed by atoms with Crippen molar-refractivity contribution < 1.29 is 39.6 Å². The second kappa shape index (κ2) is 5.43. The largest absolute Gasteiger partial charge is 0.478 e. The molecule has 6 heterocycles. The molecule has 0 aliphatic heterocycles. The maximum Gasteiger partial charge on any atom is 0.338 e. The Hall–Kier alpha value is -4.86. The smallest absolute Gasteiger partial charge is 0.338 e. The van der Waals surface area contributed by atoms with E-state index in [1.165, 1.54) is 20.9 Å². The van der Waals surface area contributed by atoms with Crippen LogP contribution in [-0.2, 0) is 0 Å². The molecule has 0 unspecified atom stereocenters. The molecule has 0 aromatic carbocycles. The first-order valence-electron chi connectivity index (χ1n) is 9.29. The Morgan fingerprint density at radius 1 is 0.500 bits per heavy atom. The van der Waals surface area contributed by atoms with Gasteiger partial charge < -0.3 is 29.2 Å². The van der Waals surface area contributed by atoms with E-state index in [0.717, 1.165) is 0 Å². The maximum absolute atomic E-state index is 12.2. The molecule has 10 heteroatoms. The highest BCUT2D eigenvalue weighted by atomic mass is 16.4. The number of aromatic nitrogens is 2. The number of hydrogen-bond donors (Lipinski definition) is 4. The third kappa shape index (κ3) is 1.76. The zero-order valence-corrected chi connectivity index (χ0v) is 15.8. The van der Waals surface area contributed by atoms with E-state index in [1.807, 2.05) is 0 Å². The van der Waals surface area contributed by atoms with Gasteiger partial charge in [-0.1, -0.05) is 12.1 Å². The quantitative estimate of drug-likeness (QED) is 0.332. The average molecular weight is 430 g/mol. The molecule has 0 saturated carbocycles. The minimum atomic E-state index is -1.49. The highest BCUT2D eigenvalue weighted by Crippen LogP contribution is 2.46. The molecule has 156 valence electrons. The molecule has 6 rings (SSSR count). The van der Waals surface area contributed by atoms with Gasteiger partial charge in [-0.15, -0.1) is 0 Å². The lowest BCUT2D eigenvalue weighted by atomic mass is 10.0. The van der Waals surface area contributed by atoms with Crippen LogP contribution in [0.25, 0.3) is 43.9 Å². The fourth-order valence-electron chi connectivity index (χ4n) is 5.06.